The van der Waals surface area contributed by atoms with Gasteiger partial charge >= 0.3 is 0 Å². The summed E-state index contributed by atoms with van der Waals surface area (Å²) in [5.74, 6) is 2.79. The van der Waals surface area contributed by atoms with Crippen LogP contribution in [0.25, 0.3) is 0 Å². The first-order valence-electron chi connectivity index (χ1n) is 8.15. The van der Waals surface area contributed by atoms with Crippen molar-refractivity contribution in [3.8, 4) is 0 Å². The molecule has 0 amide bonds. The lowest BCUT2D eigenvalue weighted by molar-refractivity contribution is 0.633. The summed E-state index contributed by atoms with van der Waals surface area (Å²) >= 11 is 0. The average Bonchev–Trinajstić information content (AvgIpc) is 2.64. The zero-order valence-corrected chi connectivity index (χ0v) is 13.8. The topological polar surface area (TPSA) is 61.3 Å². The highest BCUT2D eigenvalue weighted by Crippen LogP contribution is 2.19. The quantitative estimate of drug-likeness (QED) is 0.827. The molecule has 0 atom stereocenters. The van der Waals surface area contributed by atoms with E-state index in [0.717, 1.165) is 56.9 Å². The van der Waals surface area contributed by atoms with Crippen LogP contribution in [-0.2, 0) is 0 Å². The van der Waals surface area contributed by atoms with Crippen molar-refractivity contribution in [3.63, 3.8) is 0 Å². The third kappa shape index (κ3) is 3.49. The van der Waals surface area contributed by atoms with Gasteiger partial charge in [-0.25, -0.2) is 19.9 Å². The molecule has 0 aliphatic carbocycles. The molecule has 2 aromatic rings. The van der Waals surface area contributed by atoms with Gasteiger partial charge in [0.1, 0.15) is 18.0 Å². The summed E-state index contributed by atoms with van der Waals surface area (Å²) < 4.78 is 0. The minimum Gasteiger partial charge on any atom is -0.357 e. The zero-order chi connectivity index (χ0) is 16.1. The second-order valence-electron chi connectivity index (χ2n) is 5.43. The van der Waals surface area contributed by atoms with Gasteiger partial charge < -0.3 is 14.7 Å². The van der Waals surface area contributed by atoms with Crippen molar-refractivity contribution in [2.24, 2.45) is 0 Å². The number of hydrogen-bond donors (Lipinski definition) is 0. The van der Waals surface area contributed by atoms with Crippen molar-refractivity contribution < 1.29 is 0 Å². The number of anilines is 3. The van der Waals surface area contributed by atoms with Gasteiger partial charge in [-0.2, -0.15) is 0 Å². The Balaban J connectivity index is 1.67. The van der Waals surface area contributed by atoms with Crippen molar-refractivity contribution in [2.75, 3.05) is 54.0 Å². The Hall–Kier alpha value is -2.44. The summed E-state index contributed by atoms with van der Waals surface area (Å²) in [7, 11) is 0. The molecule has 1 saturated heterocycles. The molecule has 1 fully saturated rings. The molecular formula is C16H23N7. The van der Waals surface area contributed by atoms with Crippen LogP contribution in [0.1, 0.15) is 13.8 Å². The van der Waals surface area contributed by atoms with Gasteiger partial charge in [-0.15, -0.1) is 0 Å². The average molecular weight is 313 g/mol. The minimum absolute atomic E-state index is 0.804. The summed E-state index contributed by atoms with van der Waals surface area (Å²) in [6.45, 7) is 9.80. The molecule has 1 aliphatic heterocycles. The molecule has 23 heavy (non-hydrogen) atoms. The normalized spacial score (nSPS) is 14.9. The fourth-order valence-corrected chi connectivity index (χ4v) is 2.82. The molecule has 7 nitrogen and oxygen atoms in total. The molecule has 0 aromatic carbocycles. The van der Waals surface area contributed by atoms with E-state index in [0.29, 0.717) is 0 Å². The van der Waals surface area contributed by atoms with Gasteiger partial charge in [0.05, 0.1) is 0 Å². The van der Waals surface area contributed by atoms with Gasteiger partial charge in [0.2, 0.25) is 5.95 Å². The zero-order valence-electron chi connectivity index (χ0n) is 13.8. The van der Waals surface area contributed by atoms with Crippen molar-refractivity contribution in [3.05, 3.63) is 30.9 Å². The standard InChI is InChI=1S/C16H23N7/c1-3-21(4-2)14-12-15(20-13-19-14)22-8-10-23(11-9-22)16-17-6-5-7-18-16/h5-7,12-13H,3-4,8-11H2,1-2H3. The predicted octanol–water partition coefficient (Wildman–Crippen LogP) is 1.44. The molecule has 3 heterocycles. The maximum Gasteiger partial charge on any atom is 0.225 e. The molecule has 1 aliphatic rings. The number of piperazine rings is 1. The van der Waals surface area contributed by atoms with E-state index in [1.54, 1.807) is 18.7 Å². The van der Waals surface area contributed by atoms with Crippen molar-refractivity contribution in [2.45, 2.75) is 13.8 Å². The Morgan fingerprint density at radius 3 is 2.22 bits per heavy atom. The molecule has 3 rings (SSSR count). The van der Waals surface area contributed by atoms with Gasteiger partial charge in [0.15, 0.2) is 0 Å². The van der Waals surface area contributed by atoms with E-state index in [2.05, 4.69) is 54.5 Å². The Morgan fingerprint density at radius 1 is 0.913 bits per heavy atom. The van der Waals surface area contributed by atoms with Gasteiger partial charge in [-0.05, 0) is 19.9 Å². The number of nitrogens with zero attached hydrogens (tertiary/aromatic N) is 7. The Bertz CT molecular complexity index is 607. The third-order valence-corrected chi connectivity index (χ3v) is 4.16. The largest absolute Gasteiger partial charge is 0.357 e. The lowest BCUT2D eigenvalue weighted by Gasteiger charge is -2.35. The molecule has 0 unspecified atom stereocenters. The van der Waals surface area contributed by atoms with E-state index in [4.69, 9.17) is 0 Å². The fourth-order valence-electron chi connectivity index (χ4n) is 2.82. The highest BCUT2D eigenvalue weighted by atomic mass is 15.3. The van der Waals surface area contributed by atoms with Crippen molar-refractivity contribution >= 4 is 17.6 Å². The molecule has 0 bridgehead atoms. The third-order valence-electron chi connectivity index (χ3n) is 4.16. The molecular weight excluding hydrogens is 290 g/mol. The number of rotatable bonds is 5. The van der Waals surface area contributed by atoms with Gasteiger partial charge in [0.25, 0.3) is 0 Å². The van der Waals surface area contributed by atoms with Crippen molar-refractivity contribution in [1.29, 1.82) is 0 Å². The first-order valence-corrected chi connectivity index (χ1v) is 8.15. The van der Waals surface area contributed by atoms with Crippen LogP contribution in [0.4, 0.5) is 17.6 Å². The first kappa shape index (κ1) is 15.5. The van der Waals surface area contributed by atoms with E-state index >= 15 is 0 Å². The molecule has 7 heteroatoms. The SMILES string of the molecule is CCN(CC)c1cc(N2CCN(c3ncccn3)CC2)ncn1. The molecule has 0 saturated carbocycles. The molecule has 2 aromatic heterocycles. The number of aromatic nitrogens is 4. The van der Waals surface area contributed by atoms with Crippen LogP contribution >= 0.6 is 0 Å². The molecule has 122 valence electrons. The van der Waals surface area contributed by atoms with Crippen LogP contribution in [-0.4, -0.2) is 59.2 Å². The summed E-state index contributed by atoms with van der Waals surface area (Å²) in [6, 6.07) is 3.93. The Labute approximate surface area is 137 Å². The summed E-state index contributed by atoms with van der Waals surface area (Å²) in [5, 5.41) is 0. The monoisotopic (exact) mass is 313 g/mol. The second-order valence-corrected chi connectivity index (χ2v) is 5.43. The van der Waals surface area contributed by atoms with Crippen LogP contribution in [0.2, 0.25) is 0 Å². The second kappa shape index (κ2) is 7.21. The maximum atomic E-state index is 4.45. The summed E-state index contributed by atoms with van der Waals surface area (Å²) in [6.07, 6.45) is 5.24. The van der Waals surface area contributed by atoms with Crippen LogP contribution in [0.3, 0.4) is 0 Å². The van der Waals surface area contributed by atoms with Crippen LogP contribution in [0.15, 0.2) is 30.9 Å². The highest BCUT2D eigenvalue weighted by molar-refractivity contribution is 5.51. The van der Waals surface area contributed by atoms with E-state index in [1.165, 1.54) is 0 Å². The fraction of sp³-hybridized carbons (Fsp3) is 0.500. The van der Waals surface area contributed by atoms with Crippen LogP contribution in [0, 0.1) is 0 Å². The Kier molecular flexibility index (Phi) is 4.85. The van der Waals surface area contributed by atoms with Crippen LogP contribution in [0.5, 0.6) is 0 Å². The van der Waals surface area contributed by atoms with Crippen molar-refractivity contribution in [1.82, 2.24) is 19.9 Å². The first-order chi connectivity index (χ1) is 11.3. The lowest BCUT2D eigenvalue weighted by Crippen LogP contribution is -2.47. The minimum atomic E-state index is 0.804. The van der Waals surface area contributed by atoms with E-state index < -0.39 is 0 Å². The van der Waals surface area contributed by atoms with Gasteiger partial charge in [-0.3, -0.25) is 0 Å². The number of hydrogen-bond acceptors (Lipinski definition) is 7. The predicted molar refractivity (Wildman–Crippen MR) is 92.1 cm³/mol. The smallest absolute Gasteiger partial charge is 0.225 e. The molecule has 0 spiro atoms. The Morgan fingerprint density at radius 2 is 1.57 bits per heavy atom. The van der Waals surface area contributed by atoms with Gasteiger partial charge in [-0.1, -0.05) is 0 Å². The van der Waals surface area contributed by atoms with E-state index in [1.807, 2.05) is 6.07 Å². The molecule has 0 radical (unpaired) electrons. The maximum absolute atomic E-state index is 4.45. The summed E-state index contributed by atoms with van der Waals surface area (Å²) in [4.78, 5) is 24.2. The van der Waals surface area contributed by atoms with E-state index in [-0.39, 0.29) is 0 Å². The summed E-state index contributed by atoms with van der Waals surface area (Å²) in [5.41, 5.74) is 0. The lowest BCUT2D eigenvalue weighted by atomic mass is 10.3. The van der Waals surface area contributed by atoms with Crippen LogP contribution < -0.4 is 14.7 Å². The molecule has 0 N–H and O–H groups in total. The van der Waals surface area contributed by atoms with Gasteiger partial charge in [0, 0.05) is 57.7 Å². The highest BCUT2D eigenvalue weighted by Gasteiger charge is 2.20. The van der Waals surface area contributed by atoms with E-state index in [9.17, 15) is 0 Å².